The van der Waals surface area contributed by atoms with Crippen LogP contribution in [-0.4, -0.2) is 30.7 Å². The minimum Gasteiger partial charge on any atom is -0.359 e. The topological polar surface area (TPSA) is 55.6 Å². The number of nitrogens with zero attached hydrogens (tertiary/aromatic N) is 1. The molecule has 104 valence electrons. The van der Waals surface area contributed by atoms with E-state index in [1.54, 1.807) is 13.8 Å². The lowest BCUT2D eigenvalue weighted by molar-refractivity contribution is -0.153. The Kier molecular flexibility index (Phi) is 3.65. The van der Waals surface area contributed by atoms with Crippen LogP contribution in [0.5, 0.6) is 0 Å². The molecular weight excluding hydrogens is 240 g/mol. The molecule has 1 atom stereocenters. The van der Waals surface area contributed by atoms with Crippen molar-refractivity contribution in [3.63, 3.8) is 0 Å². The van der Waals surface area contributed by atoms with Gasteiger partial charge in [-0.1, -0.05) is 12.1 Å². The average molecular weight is 262 g/mol. The zero-order valence-corrected chi connectivity index (χ0v) is 12.1. The molecule has 1 aliphatic heterocycles. The van der Waals surface area contributed by atoms with Crippen molar-refractivity contribution in [3.8, 4) is 0 Å². The molecule has 0 bridgehead atoms. The molecule has 19 heavy (non-hydrogen) atoms. The first-order valence-electron chi connectivity index (χ1n) is 6.62. The number of hydrogen-bond donors (Lipinski definition) is 1. The molecule has 1 aliphatic rings. The first-order valence-corrected chi connectivity index (χ1v) is 6.62. The molecule has 0 saturated carbocycles. The second kappa shape index (κ2) is 4.94. The number of ether oxygens (including phenoxy) is 1. The molecule has 1 amide bonds. The summed E-state index contributed by atoms with van der Waals surface area (Å²) in [6.45, 7) is 8.58. The minimum absolute atomic E-state index is 0.00843. The van der Waals surface area contributed by atoms with E-state index in [0.29, 0.717) is 13.1 Å². The molecule has 0 aromatic heterocycles. The van der Waals surface area contributed by atoms with E-state index in [1.165, 1.54) is 0 Å². The van der Waals surface area contributed by atoms with Gasteiger partial charge in [0.1, 0.15) is 5.60 Å². The summed E-state index contributed by atoms with van der Waals surface area (Å²) in [5.74, 6) is -0.00843. The van der Waals surface area contributed by atoms with Crippen molar-refractivity contribution in [2.45, 2.75) is 39.4 Å². The Morgan fingerprint density at radius 3 is 2.74 bits per heavy atom. The van der Waals surface area contributed by atoms with Crippen molar-refractivity contribution in [1.29, 1.82) is 0 Å². The van der Waals surface area contributed by atoms with E-state index in [9.17, 15) is 4.79 Å². The zero-order valence-electron chi connectivity index (χ0n) is 12.1. The van der Waals surface area contributed by atoms with E-state index in [1.807, 2.05) is 30.9 Å². The highest BCUT2D eigenvalue weighted by Crippen LogP contribution is 2.29. The molecule has 1 saturated heterocycles. The van der Waals surface area contributed by atoms with Crippen molar-refractivity contribution in [2.75, 3.05) is 18.0 Å². The number of amides is 1. The number of anilines is 1. The van der Waals surface area contributed by atoms with Gasteiger partial charge in [-0.15, -0.1) is 0 Å². The fourth-order valence-electron chi connectivity index (χ4n) is 2.46. The molecule has 1 fully saturated rings. The van der Waals surface area contributed by atoms with E-state index >= 15 is 0 Å². The fraction of sp³-hybridized carbons (Fsp3) is 0.533. The van der Waals surface area contributed by atoms with Crippen molar-refractivity contribution in [3.05, 3.63) is 29.3 Å². The van der Waals surface area contributed by atoms with Gasteiger partial charge >= 0.3 is 0 Å². The third kappa shape index (κ3) is 2.65. The Hall–Kier alpha value is -1.39. The smallest absolute Gasteiger partial charge is 0.258 e. The van der Waals surface area contributed by atoms with Gasteiger partial charge in [0.05, 0.1) is 12.6 Å². The second-order valence-electron chi connectivity index (χ2n) is 5.69. The molecule has 2 N–H and O–H groups in total. The van der Waals surface area contributed by atoms with Crippen LogP contribution in [0.4, 0.5) is 5.69 Å². The van der Waals surface area contributed by atoms with Gasteiger partial charge in [0.15, 0.2) is 0 Å². The Bertz CT molecular complexity index is 497. The SMILES string of the molecule is Cc1ccc(C)c(N2CC(CN)OC(C)(C)C2=O)c1. The summed E-state index contributed by atoms with van der Waals surface area (Å²) in [5, 5.41) is 0. The van der Waals surface area contributed by atoms with Crippen LogP contribution in [0.25, 0.3) is 0 Å². The highest BCUT2D eigenvalue weighted by Gasteiger charge is 2.41. The summed E-state index contributed by atoms with van der Waals surface area (Å²) >= 11 is 0. The monoisotopic (exact) mass is 262 g/mol. The van der Waals surface area contributed by atoms with Crippen LogP contribution >= 0.6 is 0 Å². The summed E-state index contributed by atoms with van der Waals surface area (Å²) < 4.78 is 5.74. The first kappa shape index (κ1) is 14.0. The standard InChI is InChI=1S/C15H22N2O2/c1-10-5-6-11(2)13(7-10)17-9-12(8-16)19-15(3,4)14(17)18/h5-7,12H,8-9,16H2,1-4H3. The van der Waals surface area contributed by atoms with Crippen LogP contribution in [0.2, 0.25) is 0 Å². The molecule has 1 aromatic carbocycles. The lowest BCUT2D eigenvalue weighted by Gasteiger charge is -2.42. The zero-order chi connectivity index (χ0) is 14.2. The second-order valence-corrected chi connectivity index (χ2v) is 5.69. The largest absolute Gasteiger partial charge is 0.359 e. The quantitative estimate of drug-likeness (QED) is 0.883. The van der Waals surface area contributed by atoms with E-state index in [0.717, 1.165) is 16.8 Å². The molecule has 0 aliphatic carbocycles. The van der Waals surface area contributed by atoms with Gasteiger partial charge < -0.3 is 15.4 Å². The Morgan fingerprint density at radius 2 is 2.11 bits per heavy atom. The lowest BCUT2D eigenvalue weighted by Crippen LogP contribution is -2.59. The third-order valence-corrected chi connectivity index (χ3v) is 3.53. The molecule has 1 heterocycles. The van der Waals surface area contributed by atoms with E-state index in [2.05, 4.69) is 6.07 Å². The van der Waals surface area contributed by atoms with Gasteiger partial charge in [0, 0.05) is 12.2 Å². The predicted molar refractivity (Wildman–Crippen MR) is 76.3 cm³/mol. The number of carbonyl (C=O) groups is 1. The van der Waals surface area contributed by atoms with Gasteiger partial charge in [-0.2, -0.15) is 0 Å². The van der Waals surface area contributed by atoms with Gasteiger partial charge in [0.2, 0.25) is 0 Å². The third-order valence-electron chi connectivity index (χ3n) is 3.53. The van der Waals surface area contributed by atoms with Gasteiger partial charge in [-0.05, 0) is 44.9 Å². The van der Waals surface area contributed by atoms with Crippen molar-refractivity contribution in [1.82, 2.24) is 0 Å². The van der Waals surface area contributed by atoms with Crippen LogP contribution in [0.1, 0.15) is 25.0 Å². The van der Waals surface area contributed by atoms with Gasteiger partial charge in [0.25, 0.3) is 5.91 Å². The maximum atomic E-state index is 12.5. The van der Waals surface area contributed by atoms with Crippen molar-refractivity contribution < 1.29 is 9.53 Å². The number of aryl methyl sites for hydroxylation is 2. The van der Waals surface area contributed by atoms with Crippen LogP contribution in [0, 0.1) is 13.8 Å². The molecule has 0 radical (unpaired) electrons. The summed E-state index contributed by atoms with van der Waals surface area (Å²) in [5.41, 5.74) is 8.08. The van der Waals surface area contributed by atoms with Gasteiger partial charge in [-0.3, -0.25) is 4.79 Å². The number of nitrogens with two attached hydrogens (primary N) is 1. The summed E-state index contributed by atoms with van der Waals surface area (Å²) in [6.07, 6.45) is -0.118. The Morgan fingerprint density at radius 1 is 1.42 bits per heavy atom. The Labute approximate surface area is 114 Å². The maximum Gasteiger partial charge on any atom is 0.258 e. The predicted octanol–water partition coefficient (Wildman–Crippen LogP) is 1.77. The molecule has 2 rings (SSSR count). The number of carbonyl (C=O) groups excluding carboxylic acids is 1. The molecular formula is C15H22N2O2. The van der Waals surface area contributed by atoms with Crippen LogP contribution in [0.3, 0.4) is 0 Å². The van der Waals surface area contributed by atoms with Crippen molar-refractivity contribution >= 4 is 11.6 Å². The maximum absolute atomic E-state index is 12.5. The average Bonchev–Trinajstić information content (AvgIpc) is 2.35. The van der Waals surface area contributed by atoms with Crippen molar-refractivity contribution in [2.24, 2.45) is 5.73 Å². The minimum atomic E-state index is -0.821. The summed E-state index contributed by atoms with van der Waals surface area (Å²) in [7, 11) is 0. The number of benzene rings is 1. The highest BCUT2D eigenvalue weighted by molar-refractivity contribution is 6.00. The number of hydrogen-bond acceptors (Lipinski definition) is 3. The molecule has 4 heteroatoms. The van der Waals surface area contributed by atoms with Gasteiger partial charge in [-0.25, -0.2) is 0 Å². The molecule has 1 aromatic rings. The number of rotatable bonds is 2. The number of morpholine rings is 1. The van der Waals surface area contributed by atoms with Crippen LogP contribution in [0.15, 0.2) is 18.2 Å². The molecule has 0 spiro atoms. The van der Waals surface area contributed by atoms with Crippen LogP contribution in [-0.2, 0) is 9.53 Å². The molecule has 1 unspecified atom stereocenters. The summed E-state index contributed by atoms with van der Waals surface area (Å²) in [6, 6.07) is 6.13. The normalized spacial score (nSPS) is 22.7. The summed E-state index contributed by atoms with van der Waals surface area (Å²) in [4.78, 5) is 14.3. The van der Waals surface area contributed by atoms with E-state index in [4.69, 9.17) is 10.5 Å². The van der Waals surface area contributed by atoms with E-state index in [-0.39, 0.29) is 12.0 Å². The Balaban J connectivity index is 2.41. The fourth-order valence-corrected chi connectivity index (χ4v) is 2.46. The van der Waals surface area contributed by atoms with E-state index < -0.39 is 5.60 Å². The highest BCUT2D eigenvalue weighted by atomic mass is 16.5. The lowest BCUT2D eigenvalue weighted by atomic mass is 10.0. The first-order chi connectivity index (χ1) is 8.85. The molecule has 4 nitrogen and oxygen atoms in total. The van der Waals surface area contributed by atoms with Crippen LogP contribution < -0.4 is 10.6 Å².